The Morgan fingerprint density at radius 1 is 1.43 bits per heavy atom. The van der Waals surface area contributed by atoms with Gasteiger partial charge in [0.2, 0.25) is 0 Å². The SMILES string of the molecule is COC(=O)C(O)CNC(=O)c1cc(F)c(F)cc1[N+](=O)[O-]. The van der Waals surface area contributed by atoms with E-state index in [4.69, 9.17) is 0 Å². The highest BCUT2D eigenvalue weighted by molar-refractivity contribution is 5.98. The Bertz CT molecular complexity index is 592. The van der Waals surface area contributed by atoms with Gasteiger partial charge in [-0.2, -0.15) is 0 Å². The summed E-state index contributed by atoms with van der Waals surface area (Å²) in [6, 6.07) is 0.619. The van der Waals surface area contributed by atoms with Crippen LogP contribution < -0.4 is 5.32 Å². The van der Waals surface area contributed by atoms with Gasteiger partial charge in [0.25, 0.3) is 11.6 Å². The van der Waals surface area contributed by atoms with Crippen molar-refractivity contribution in [3.8, 4) is 0 Å². The first kappa shape index (κ1) is 16.4. The number of methoxy groups -OCH3 is 1. The molecule has 0 aromatic heterocycles. The van der Waals surface area contributed by atoms with E-state index in [1.54, 1.807) is 0 Å². The monoisotopic (exact) mass is 304 g/mol. The molecule has 1 amide bonds. The summed E-state index contributed by atoms with van der Waals surface area (Å²) in [4.78, 5) is 32.2. The number of nitrogens with one attached hydrogen (secondary N) is 1. The van der Waals surface area contributed by atoms with E-state index in [-0.39, 0.29) is 6.07 Å². The van der Waals surface area contributed by atoms with Crippen molar-refractivity contribution in [2.24, 2.45) is 0 Å². The van der Waals surface area contributed by atoms with Gasteiger partial charge >= 0.3 is 5.97 Å². The first-order valence-corrected chi connectivity index (χ1v) is 5.45. The maximum atomic E-state index is 13.1. The number of hydrogen-bond donors (Lipinski definition) is 2. The lowest BCUT2D eigenvalue weighted by Gasteiger charge is -2.10. The molecule has 0 aliphatic carbocycles. The summed E-state index contributed by atoms with van der Waals surface area (Å²) >= 11 is 0. The molecule has 0 saturated carbocycles. The maximum Gasteiger partial charge on any atom is 0.336 e. The number of esters is 1. The Morgan fingerprint density at radius 3 is 2.52 bits per heavy atom. The summed E-state index contributed by atoms with van der Waals surface area (Å²) < 4.78 is 30.2. The number of benzene rings is 1. The molecule has 0 radical (unpaired) electrons. The molecule has 0 spiro atoms. The number of nitro groups is 1. The highest BCUT2D eigenvalue weighted by Gasteiger charge is 2.25. The number of halogens is 2. The quantitative estimate of drug-likeness (QED) is 0.453. The number of hydrogen-bond acceptors (Lipinski definition) is 6. The van der Waals surface area contributed by atoms with Crippen LogP contribution in [0.1, 0.15) is 10.4 Å². The maximum absolute atomic E-state index is 13.1. The molecule has 1 rings (SSSR count). The molecule has 0 aliphatic rings. The summed E-state index contributed by atoms with van der Waals surface area (Å²) in [5.74, 6) is -5.11. The first-order chi connectivity index (χ1) is 9.77. The number of nitro benzene ring substituents is 1. The third kappa shape index (κ3) is 3.92. The lowest BCUT2D eigenvalue weighted by Crippen LogP contribution is -2.37. The van der Waals surface area contributed by atoms with Gasteiger partial charge in [-0.15, -0.1) is 0 Å². The normalized spacial score (nSPS) is 11.6. The van der Waals surface area contributed by atoms with Gasteiger partial charge in [0.1, 0.15) is 5.56 Å². The van der Waals surface area contributed by atoms with Crippen molar-refractivity contribution < 1.29 is 33.1 Å². The third-order valence-electron chi connectivity index (χ3n) is 2.41. The summed E-state index contributed by atoms with van der Waals surface area (Å²) in [5, 5.41) is 21.9. The largest absolute Gasteiger partial charge is 0.467 e. The minimum Gasteiger partial charge on any atom is -0.467 e. The van der Waals surface area contributed by atoms with E-state index < -0.39 is 52.3 Å². The van der Waals surface area contributed by atoms with Crippen molar-refractivity contribution in [1.29, 1.82) is 0 Å². The molecule has 2 N–H and O–H groups in total. The van der Waals surface area contributed by atoms with Gasteiger partial charge in [-0.1, -0.05) is 0 Å². The molecule has 1 unspecified atom stereocenters. The Morgan fingerprint density at radius 2 is 2.00 bits per heavy atom. The minimum absolute atomic E-state index is 0.265. The van der Waals surface area contributed by atoms with E-state index in [0.29, 0.717) is 6.07 Å². The van der Waals surface area contributed by atoms with Gasteiger partial charge < -0.3 is 15.2 Å². The fourth-order valence-corrected chi connectivity index (χ4v) is 1.37. The van der Waals surface area contributed by atoms with Crippen molar-refractivity contribution in [2.45, 2.75) is 6.10 Å². The number of aliphatic hydroxyl groups excluding tert-OH is 1. The van der Waals surface area contributed by atoms with E-state index in [1.165, 1.54) is 0 Å². The van der Waals surface area contributed by atoms with Crippen LogP contribution in [0.25, 0.3) is 0 Å². The van der Waals surface area contributed by atoms with Gasteiger partial charge in [-0.3, -0.25) is 14.9 Å². The molecule has 0 saturated heterocycles. The van der Waals surface area contributed by atoms with Crippen LogP contribution in [0, 0.1) is 21.7 Å². The number of nitrogens with zero attached hydrogens (tertiary/aromatic N) is 1. The third-order valence-corrected chi connectivity index (χ3v) is 2.41. The van der Waals surface area contributed by atoms with Gasteiger partial charge in [0, 0.05) is 0 Å². The zero-order valence-corrected chi connectivity index (χ0v) is 10.6. The van der Waals surface area contributed by atoms with Crippen LogP contribution in [0.5, 0.6) is 0 Å². The number of amides is 1. The van der Waals surface area contributed by atoms with Crippen molar-refractivity contribution in [2.75, 3.05) is 13.7 Å². The summed E-state index contributed by atoms with van der Waals surface area (Å²) in [6.45, 7) is -0.609. The van der Waals surface area contributed by atoms with Crippen molar-refractivity contribution in [1.82, 2.24) is 5.32 Å². The molecular weight excluding hydrogens is 294 g/mol. The average Bonchev–Trinajstić information content (AvgIpc) is 2.45. The van der Waals surface area contributed by atoms with Crippen LogP contribution in [0.4, 0.5) is 14.5 Å². The molecule has 0 aliphatic heterocycles. The number of aliphatic hydroxyl groups is 1. The fourth-order valence-electron chi connectivity index (χ4n) is 1.37. The van der Waals surface area contributed by atoms with Crippen LogP contribution in [0.15, 0.2) is 12.1 Å². The molecular formula is C11H10F2N2O6. The fraction of sp³-hybridized carbons (Fsp3) is 0.273. The Labute approximate surface area is 116 Å². The van der Waals surface area contributed by atoms with Crippen molar-refractivity contribution in [3.05, 3.63) is 39.4 Å². The lowest BCUT2D eigenvalue weighted by molar-refractivity contribution is -0.385. The van der Waals surface area contributed by atoms with Gasteiger partial charge in [0.15, 0.2) is 17.7 Å². The van der Waals surface area contributed by atoms with Crippen LogP contribution in [-0.2, 0) is 9.53 Å². The number of carbonyl (C=O) groups is 2. The first-order valence-electron chi connectivity index (χ1n) is 5.45. The second kappa shape index (κ2) is 6.70. The van der Waals surface area contributed by atoms with Gasteiger partial charge in [-0.05, 0) is 6.07 Å². The number of rotatable bonds is 5. The van der Waals surface area contributed by atoms with E-state index in [2.05, 4.69) is 4.74 Å². The highest BCUT2D eigenvalue weighted by atomic mass is 19.2. The molecule has 0 fully saturated rings. The Hall–Kier alpha value is -2.62. The van der Waals surface area contributed by atoms with E-state index in [0.717, 1.165) is 7.11 Å². The molecule has 114 valence electrons. The van der Waals surface area contributed by atoms with E-state index >= 15 is 0 Å². The van der Waals surface area contributed by atoms with E-state index in [9.17, 15) is 33.6 Å². The summed E-state index contributed by atoms with van der Waals surface area (Å²) in [7, 11) is 1.01. The molecule has 0 heterocycles. The average molecular weight is 304 g/mol. The Kier molecular flexibility index (Phi) is 5.24. The predicted octanol–water partition coefficient (Wildman–Crippen LogP) is 0.137. The summed E-state index contributed by atoms with van der Waals surface area (Å²) in [6.07, 6.45) is -1.69. The number of carbonyl (C=O) groups excluding carboxylic acids is 2. The van der Waals surface area contributed by atoms with E-state index in [1.807, 2.05) is 5.32 Å². The van der Waals surface area contributed by atoms with Gasteiger partial charge in [-0.25, -0.2) is 13.6 Å². The topological polar surface area (TPSA) is 119 Å². The van der Waals surface area contributed by atoms with Crippen LogP contribution in [0.3, 0.4) is 0 Å². The molecule has 10 heteroatoms. The van der Waals surface area contributed by atoms with Crippen molar-refractivity contribution >= 4 is 17.6 Å². The second-order valence-corrected chi connectivity index (χ2v) is 3.79. The molecule has 0 bridgehead atoms. The molecule has 8 nitrogen and oxygen atoms in total. The minimum atomic E-state index is -1.69. The number of ether oxygens (including phenoxy) is 1. The predicted molar refractivity (Wildman–Crippen MR) is 63.4 cm³/mol. The van der Waals surface area contributed by atoms with Crippen LogP contribution in [0.2, 0.25) is 0 Å². The van der Waals surface area contributed by atoms with Crippen LogP contribution >= 0.6 is 0 Å². The summed E-state index contributed by atoms with van der Waals surface area (Å²) in [5.41, 5.74) is -1.69. The van der Waals surface area contributed by atoms with Gasteiger partial charge in [0.05, 0.1) is 24.6 Å². The zero-order chi connectivity index (χ0) is 16.2. The zero-order valence-electron chi connectivity index (χ0n) is 10.6. The second-order valence-electron chi connectivity index (χ2n) is 3.79. The highest BCUT2D eigenvalue weighted by Crippen LogP contribution is 2.22. The standard InChI is InChI=1S/C11H10F2N2O6/c1-21-11(18)9(16)4-14-10(17)5-2-6(12)7(13)3-8(5)15(19)20/h2-3,9,16H,4H2,1H3,(H,14,17). The van der Waals surface area contributed by atoms with Crippen LogP contribution in [-0.4, -0.2) is 41.7 Å². The molecule has 1 aromatic rings. The Balaban J connectivity index is 2.94. The smallest absolute Gasteiger partial charge is 0.336 e. The molecule has 1 atom stereocenters. The molecule has 21 heavy (non-hydrogen) atoms. The molecule has 1 aromatic carbocycles. The lowest BCUT2D eigenvalue weighted by atomic mass is 10.1. The van der Waals surface area contributed by atoms with Crippen molar-refractivity contribution in [3.63, 3.8) is 0 Å².